The van der Waals surface area contributed by atoms with Crippen LogP contribution < -0.4 is 10.1 Å². The second-order valence-electron chi connectivity index (χ2n) is 2.98. The summed E-state index contributed by atoms with van der Waals surface area (Å²) in [4.78, 5) is 15.4. The van der Waals surface area contributed by atoms with Gasteiger partial charge in [0.25, 0.3) is 0 Å². The van der Waals surface area contributed by atoms with Crippen molar-refractivity contribution in [3.05, 3.63) is 46.9 Å². The molecule has 0 aliphatic heterocycles. The minimum absolute atomic E-state index is 0.392. The Kier molecular flexibility index (Phi) is 3.50. The summed E-state index contributed by atoms with van der Waals surface area (Å²) in [6.07, 6.45) is 1.23. The van der Waals surface area contributed by atoms with E-state index in [-0.39, 0.29) is 0 Å². The van der Waals surface area contributed by atoms with E-state index in [2.05, 4.69) is 10.3 Å². The number of hydrogen-bond donors (Lipinski definition) is 1. The zero-order valence-corrected chi connectivity index (χ0v) is 9.24. The first-order chi connectivity index (χ1) is 7.84. The number of thiazole rings is 1. The maximum Gasteiger partial charge on any atom is 0.412 e. The van der Waals surface area contributed by atoms with Crippen LogP contribution in [-0.2, 0) is 6.54 Å². The summed E-state index contributed by atoms with van der Waals surface area (Å²) in [6.45, 7) is 0.392. The van der Waals surface area contributed by atoms with Gasteiger partial charge in [-0.05, 0) is 12.1 Å². The lowest BCUT2D eigenvalue weighted by Gasteiger charge is -2.04. The van der Waals surface area contributed by atoms with E-state index >= 15 is 0 Å². The number of benzene rings is 1. The fourth-order valence-electron chi connectivity index (χ4n) is 1.12. The maximum atomic E-state index is 11.4. The number of amides is 1. The van der Waals surface area contributed by atoms with Gasteiger partial charge in [-0.2, -0.15) is 0 Å². The van der Waals surface area contributed by atoms with Crippen LogP contribution in [0, 0.1) is 0 Å². The van der Waals surface area contributed by atoms with Crippen molar-refractivity contribution in [2.75, 3.05) is 0 Å². The number of ether oxygens (including phenoxy) is 1. The van der Waals surface area contributed by atoms with Crippen LogP contribution in [0.15, 0.2) is 41.9 Å². The Bertz CT molecular complexity index is 442. The van der Waals surface area contributed by atoms with Gasteiger partial charge < -0.3 is 10.1 Å². The van der Waals surface area contributed by atoms with Gasteiger partial charge in [-0.3, -0.25) is 0 Å². The SMILES string of the molecule is O=C(NCc1nccs1)Oc1ccccc1. The van der Waals surface area contributed by atoms with E-state index in [1.807, 2.05) is 23.6 Å². The molecule has 0 radical (unpaired) electrons. The molecule has 0 aliphatic rings. The number of carbonyl (C=O) groups is 1. The van der Waals surface area contributed by atoms with Crippen LogP contribution in [0.25, 0.3) is 0 Å². The normalized spacial score (nSPS) is 9.75. The Balaban J connectivity index is 1.81. The standard InChI is InChI=1S/C11H10N2O2S/c14-11(13-8-10-12-6-7-16-10)15-9-4-2-1-3-5-9/h1-7H,8H2,(H,13,14). The molecule has 1 aromatic heterocycles. The molecule has 5 heteroatoms. The number of hydrogen-bond acceptors (Lipinski definition) is 4. The van der Waals surface area contributed by atoms with Crippen LogP contribution in [0.5, 0.6) is 5.75 Å². The lowest BCUT2D eigenvalue weighted by atomic mass is 10.3. The molecule has 2 rings (SSSR count). The number of para-hydroxylation sites is 1. The molecule has 1 amide bonds. The Morgan fingerprint density at radius 2 is 2.19 bits per heavy atom. The van der Waals surface area contributed by atoms with Crippen molar-refractivity contribution in [2.45, 2.75) is 6.54 Å². The third-order valence-electron chi connectivity index (χ3n) is 1.82. The van der Waals surface area contributed by atoms with Gasteiger partial charge in [0.15, 0.2) is 0 Å². The van der Waals surface area contributed by atoms with Gasteiger partial charge in [0.05, 0.1) is 6.54 Å². The number of nitrogens with one attached hydrogen (secondary N) is 1. The van der Waals surface area contributed by atoms with Gasteiger partial charge in [-0.15, -0.1) is 11.3 Å². The van der Waals surface area contributed by atoms with Gasteiger partial charge in [0.2, 0.25) is 0 Å². The van der Waals surface area contributed by atoms with Crippen molar-refractivity contribution in [3.8, 4) is 5.75 Å². The highest BCUT2D eigenvalue weighted by Crippen LogP contribution is 2.08. The molecule has 0 fully saturated rings. The lowest BCUT2D eigenvalue weighted by Crippen LogP contribution is -2.26. The molecule has 1 heterocycles. The fourth-order valence-corrected chi connectivity index (χ4v) is 1.68. The molecular formula is C11H10N2O2S. The molecule has 0 saturated heterocycles. The van der Waals surface area contributed by atoms with Crippen molar-refractivity contribution in [1.29, 1.82) is 0 Å². The monoisotopic (exact) mass is 234 g/mol. The summed E-state index contributed by atoms with van der Waals surface area (Å²) in [7, 11) is 0. The second-order valence-corrected chi connectivity index (χ2v) is 3.96. The topological polar surface area (TPSA) is 51.2 Å². The quantitative estimate of drug-likeness (QED) is 0.887. The van der Waals surface area contributed by atoms with E-state index in [4.69, 9.17) is 4.74 Å². The molecular weight excluding hydrogens is 224 g/mol. The Morgan fingerprint density at radius 1 is 1.38 bits per heavy atom. The van der Waals surface area contributed by atoms with Crippen molar-refractivity contribution >= 4 is 17.4 Å². The number of aromatic nitrogens is 1. The first-order valence-electron chi connectivity index (χ1n) is 4.74. The number of nitrogens with zero attached hydrogens (tertiary/aromatic N) is 1. The first kappa shape index (κ1) is 10.6. The molecule has 0 unspecified atom stereocenters. The van der Waals surface area contributed by atoms with Gasteiger partial charge in [-0.1, -0.05) is 18.2 Å². The van der Waals surface area contributed by atoms with E-state index in [1.165, 1.54) is 11.3 Å². The molecule has 0 spiro atoms. The van der Waals surface area contributed by atoms with E-state index in [1.54, 1.807) is 18.3 Å². The van der Waals surface area contributed by atoms with E-state index < -0.39 is 6.09 Å². The molecule has 82 valence electrons. The first-order valence-corrected chi connectivity index (χ1v) is 5.61. The fraction of sp³-hybridized carbons (Fsp3) is 0.0909. The van der Waals surface area contributed by atoms with Crippen molar-refractivity contribution in [1.82, 2.24) is 10.3 Å². The molecule has 0 saturated carbocycles. The van der Waals surface area contributed by atoms with E-state index in [9.17, 15) is 4.79 Å². The number of carbonyl (C=O) groups excluding carboxylic acids is 1. The number of rotatable bonds is 3. The van der Waals surface area contributed by atoms with E-state index in [0.717, 1.165) is 5.01 Å². The molecule has 0 aliphatic carbocycles. The lowest BCUT2D eigenvalue weighted by molar-refractivity contribution is 0.200. The highest BCUT2D eigenvalue weighted by molar-refractivity contribution is 7.09. The summed E-state index contributed by atoms with van der Waals surface area (Å²) in [5.41, 5.74) is 0. The van der Waals surface area contributed by atoms with Crippen LogP contribution >= 0.6 is 11.3 Å². The third-order valence-corrected chi connectivity index (χ3v) is 2.60. The van der Waals surface area contributed by atoms with Crippen LogP contribution in [0.2, 0.25) is 0 Å². The van der Waals surface area contributed by atoms with Crippen LogP contribution in [0.3, 0.4) is 0 Å². The largest absolute Gasteiger partial charge is 0.412 e. The molecule has 1 aromatic carbocycles. The smallest absolute Gasteiger partial charge is 0.410 e. The maximum absolute atomic E-state index is 11.4. The predicted molar refractivity (Wildman–Crippen MR) is 61.4 cm³/mol. The van der Waals surface area contributed by atoms with Crippen molar-refractivity contribution in [3.63, 3.8) is 0 Å². The van der Waals surface area contributed by atoms with E-state index in [0.29, 0.717) is 12.3 Å². The van der Waals surface area contributed by atoms with Crippen LogP contribution in [-0.4, -0.2) is 11.1 Å². The minimum Gasteiger partial charge on any atom is -0.410 e. The summed E-state index contributed by atoms with van der Waals surface area (Å²) >= 11 is 1.49. The zero-order valence-electron chi connectivity index (χ0n) is 8.42. The van der Waals surface area contributed by atoms with Crippen molar-refractivity contribution < 1.29 is 9.53 Å². The van der Waals surface area contributed by atoms with Gasteiger partial charge in [-0.25, -0.2) is 9.78 Å². The average Bonchev–Trinajstić information content (AvgIpc) is 2.81. The van der Waals surface area contributed by atoms with Gasteiger partial charge >= 0.3 is 6.09 Å². The van der Waals surface area contributed by atoms with Crippen LogP contribution in [0.4, 0.5) is 4.79 Å². The Hall–Kier alpha value is -1.88. The molecule has 16 heavy (non-hydrogen) atoms. The van der Waals surface area contributed by atoms with Gasteiger partial charge in [0.1, 0.15) is 10.8 Å². The van der Waals surface area contributed by atoms with Crippen LogP contribution in [0.1, 0.15) is 5.01 Å². The van der Waals surface area contributed by atoms with Crippen molar-refractivity contribution in [2.24, 2.45) is 0 Å². The summed E-state index contributed by atoms with van der Waals surface area (Å²) in [5, 5.41) is 5.33. The molecule has 2 aromatic rings. The summed E-state index contributed by atoms with van der Waals surface area (Å²) in [6, 6.07) is 8.93. The molecule has 0 bridgehead atoms. The third kappa shape index (κ3) is 3.06. The highest BCUT2D eigenvalue weighted by atomic mass is 32.1. The highest BCUT2D eigenvalue weighted by Gasteiger charge is 2.04. The summed E-state index contributed by atoms with van der Waals surface area (Å²) < 4.78 is 5.04. The average molecular weight is 234 g/mol. The molecule has 1 N–H and O–H groups in total. The van der Waals surface area contributed by atoms with Gasteiger partial charge in [0, 0.05) is 11.6 Å². The molecule has 4 nitrogen and oxygen atoms in total. The summed E-state index contributed by atoms with van der Waals surface area (Å²) in [5.74, 6) is 0.527. The second kappa shape index (κ2) is 5.27. The molecule has 0 atom stereocenters. The predicted octanol–water partition coefficient (Wildman–Crippen LogP) is 2.43. The Labute approximate surface area is 96.9 Å². The minimum atomic E-state index is -0.471. The Morgan fingerprint density at radius 3 is 2.88 bits per heavy atom. The zero-order chi connectivity index (χ0) is 11.2.